The van der Waals surface area contributed by atoms with Gasteiger partial charge in [-0.1, -0.05) is 71.0 Å². The lowest BCUT2D eigenvalue weighted by Gasteiger charge is -2.09. The first-order valence-electron chi connectivity index (χ1n) is 8.88. The third kappa shape index (κ3) is 3.77. The van der Waals surface area contributed by atoms with E-state index in [1.54, 1.807) is 0 Å². The van der Waals surface area contributed by atoms with Crippen molar-refractivity contribution in [3.05, 3.63) is 83.3 Å². The van der Waals surface area contributed by atoms with Gasteiger partial charge in [-0.2, -0.15) is 26.3 Å². The lowest BCUT2D eigenvalue weighted by atomic mass is 10.00. The highest BCUT2D eigenvalue weighted by molar-refractivity contribution is 6.08. The third-order valence-electron chi connectivity index (χ3n) is 4.46. The number of carbonyl (C=O) groups is 1. The molecule has 2 aromatic carbocycles. The molecule has 0 spiro atoms. The van der Waals surface area contributed by atoms with Crippen molar-refractivity contribution in [1.82, 2.24) is 10.3 Å². The molecule has 2 aromatic heterocycles. The van der Waals surface area contributed by atoms with Gasteiger partial charge >= 0.3 is 12.4 Å². The van der Waals surface area contributed by atoms with Crippen molar-refractivity contribution < 1.29 is 40.2 Å². The van der Waals surface area contributed by atoms with Gasteiger partial charge in [0.15, 0.2) is 0 Å². The molecule has 5 nitrogen and oxygen atoms in total. The summed E-state index contributed by atoms with van der Waals surface area (Å²) in [5.74, 6) is -4.65. The number of hydrogen-bond acceptors (Lipinski definition) is 5. The van der Waals surface area contributed by atoms with Gasteiger partial charge in [-0.15, -0.1) is 0 Å². The molecule has 2 heterocycles. The van der Waals surface area contributed by atoms with Gasteiger partial charge in [-0.3, -0.25) is 4.79 Å². The van der Waals surface area contributed by atoms with Crippen molar-refractivity contribution in [2.24, 2.45) is 0 Å². The fraction of sp³-hybridized carbons (Fsp3) is 0.0952. The Kier molecular flexibility index (Phi) is 5.11. The molecule has 0 saturated heterocycles. The van der Waals surface area contributed by atoms with Crippen LogP contribution >= 0.6 is 0 Å². The molecule has 0 saturated carbocycles. The number of aromatic nitrogens is 2. The molecule has 0 radical (unpaired) electrons. The van der Waals surface area contributed by atoms with Crippen molar-refractivity contribution in [1.29, 1.82) is 0 Å². The van der Waals surface area contributed by atoms with Gasteiger partial charge in [0.2, 0.25) is 11.5 Å². The van der Waals surface area contributed by atoms with E-state index in [1.165, 1.54) is 60.7 Å². The molecule has 4 aromatic rings. The van der Waals surface area contributed by atoms with Crippen molar-refractivity contribution in [3.63, 3.8) is 0 Å². The second-order valence-electron chi connectivity index (χ2n) is 6.53. The van der Waals surface area contributed by atoms with Crippen LogP contribution in [0.25, 0.3) is 22.5 Å². The number of carbonyl (C=O) groups excluding carboxylic acids is 1. The maximum atomic E-state index is 13.8. The zero-order chi connectivity index (χ0) is 23.1. The van der Waals surface area contributed by atoms with Crippen LogP contribution in [0.5, 0.6) is 0 Å². The van der Waals surface area contributed by atoms with E-state index in [0.29, 0.717) is 0 Å². The Hall–Kier alpha value is -3.89. The van der Waals surface area contributed by atoms with E-state index in [9.17, 15) is 31.1 Å². The Bertz CT molecular complexity index is 1160. The molecule has 0 atom stereocenters. The summed E-state index contributed by atoms with van der Waals surface area (Å²) in [4.78, 5) is 12.8. The molecule has 0 fully saturated rings. The maximum Gasteiger partial charge on any atom is 0.422 e. The van der Waals surface area contributed by atoms with Gasteiger partial charge in [0.1, 0.15) is 22.5 Å². The summed E-state index contributed by atoms with van der Waals surface area (Å²) < 4.78 is 91.9. The minimum Gasteiger partial charge on any atom is -0.351 e. The summed E-state index contributed by atoms with van der Waals surface area (Å²) in [5, 5.41) is 6.59. The predicted octanol–water partition coefficient (Wildman–Crippen LogP) is 6.27. The van der Waals surface area contributed by atoms with Crippen LogP contribution in [0.1, 0.15) is 27.4 Å². The summed E-state index contributed by atoms with van der Waals surface area (Å²) in [7, 11) is 0. The van der Waals surface area contributed by atoms with Gasteiger partial charge in [-0.25, -0.2) is 0 Å². The highest BCUT2D eigenvalue weighted by Gasteiger charge is 2.48. The average molecular weight is 452 g/mol. The number of alkyl halides is 6. The van der Waals surface area contributed by atoms with Crippen LogP contribution in [0.4, 0.5) is 26.3 Å². The molecule has 4 rings (SSSR count). The van der Waals surface area contributed by atoms with Crippen molar-refractivity contribution in [2.75, 3.05) is 0 Å². The number of benzene rings is 2. The first kappa shape index (κ1) is 21.3. The molecule has 0 aliphatic heterocycles. The Morgan fingerprint density at radius 3 is 1.28 bits per heavy atom. The van der Waals surface area contributed by atoms with Crippen LogP contribution in [0.3, 0.4) is 0 Å². The zero-order valence-corrected chi connectivity index (χ0v) is 15.7. The Labute approximate surface area is 175 Å². The maximum absolute atomic E-state index is 13.8. The topological polar surface area (TPSA) is 69.1 Å². The summed E-state index contributed by atoms with van der Waals surface area (Å²) in [6.07, 6.45) is -10.3. The predicted molar refractivity (Wildman–Crippen MR) is 97.3 cm³/mol. The van der Waals surface area contributed by atoms with E-state index in [4.69, 9.17) is 0 Å². The minimum absolute atomic E-state index is 0.0405. The summed E-state index contributed by atoms with van der Waals surface area (Å²) >= 11 is 0. The van der Waals surface area contributed by atoms with Crippen LogP contribution in [0.2, 0.25) is 0 Å². The molecule has 32 heavy (non-hydrogen) atoms. The van der Waals surface area contributed by atoms with Crippen LogP contribution in [-0.4, -0.2) is 16.1 Å². The third-order valence-corrected chi connectivity index (χ3v) is 4.46. The quantitative estimate of drug-likeness (QED) is 0.270. The molecular formula is C21H10F6N2O3. The fourth-order valence-electron chi connectivity index (χ4n) is 3.11. The zero-order valence-electron chi connectivity index (χ0n) is 15.7. The lowest BCUT2D eigenvalue weighted by Crippen LogP contribution is -2.16. The normalized spacial score (nSPS) is 12.2. The van der Waals surface area contributed by atoms with E-state index in [0.717, 1.165) is 0 Å². The van der Waals surface area contributed by atoms with Gasteiger partial charge in [0, 0.05) is 11.1 Å². The average Bonchev–Trinajstić information content (AvgIpc) is 3.39. The molecule has 164 valence electrons. The van der Waals surface area contributed by atoms with Crippen molar-refractivity contribution in [3.8, 4) is 22.5 Å². The highest BCUT2D eigenvalue weighted by atomic mass is 19.4. The van der Waals surface area contributed by atoms with Crippen LogP contribution in [0, 0.1) is 0 Å². The number of nitrogens with zero attached hydrogens (tertiary/aromatic N) is 2. The van der Waals surface area contributed by atoms with Crippen LogP contribution in [-0.2, 0) is 12.4 Å². The SMILES string of the molecule is O=C(c1onc(-c2ccccc2)c1C(F)(F)F)c1onc(-c2ccccc2)c1C(F)(F)F. The molecule has 0 aliphatic carbocycles. The smallest absolute Gasteiger partial charge is 0.351 e. The minimum atomic E-state index is -5.16. The first-order chi connectivity index (χ1) is 15.1. The summed E-state index contributed by atoms with van der Waals surface area (Å²) in [6.45, 7) is 0. The number of hydrogen-bond donors (Lipinski definition) is 0. The summed E-state index contributed by atoms with van der Waals surface area (Å²) in [6, 6.07) is 13.9. The molecule has 0 aliphatic rings. The Morgan fingerprint density at radius 1 is 0.625 bits per heavy atom. The molecular weight excluding hydrogens is 442 g/mol. The van der Waals surface area contributed by atoms with Gasteiger partial charge in [0.05, 0.1) is 0 Å². The van der Waals surface area contributed by atoms with E-state index in [2.05, 4.69) is 19.4 Å². The molecule has 11 heteroatoms. The van der Waals surface area contributed by atoms with Crippen molar-refractivity contribution >= 4 is 5.78 Å². The monoisotopic (exact) mass is 452 g/mol. The van der Waals surface area contributed by atoms with Crippen LogP contribution < -0.4 is 0 Å². The molecule has 0 bridgehead atoms. The summed E-state index contributed by atoms with van der Waals surface area (Å²) in [5.41, 5.74) is -4.78. The molecule has 0 N–H and O–H groups in total. The van der Waals surface area contributed by atoms with Gasteiger partial charge in [-0.05, 0) is 0 Å². The highest BCUT2D eigenvalue weighted by Crippen LogP contribution is 2.43. The molecule has 0 amide bonds. The Balaban J connectivity index is 1.90. The largest absolute Gasteiger partial charge is 0.422 e. The fourth-order valence-corrected chi connectivity index (χ4v) is 3.11. The van der Waals surface area contributed by atoms with Gasteiger partial charge in [0.25, 0.3) is 5.78 Å². The van der Waals surface area contributed by atoms with Crippen LogP contribution in [0.15, 0.2) is 69.7 Å². The van der Waals surface area contributed by atoms with Crippen molar-refractivity contribution in [2.45, 2.75) is 12.4 Å². The lowest BCUT2D eigenvalue weighted by molar-refractivity contribution is -0.138. The van der Waals surface area contributed by atoms with E-state index >= 15 is 0 Å². The second kappa shape index (κ2) is 7.66. The second-order valence-corrected chi connectivity index (χ2v) is 6.53. The number of rotatable bonds is 4. The van der Waals surface area contributed by atoms with E-state index in [1.807, 2.05) is 0 Å². The number of halogens is 6. The van der Waals surface area contributed by atoms with E-state index in [-0.39, 0.29) is 11.1 Å². The van der Waals surface area contributed by atoms with E-state index < -0.39 is 52.2 Å². The van der Waals surface area contributed by atoms with Gasteiger partial charge < -0.3 is 9.05 Å². The first-order valence-corrected chi connectivity index (χ1v) is 8.88. The molecule has 0 unspecified atom stereocenters. The standard InChI is InChI=1S/C21H10F6N2O3/c22-20(23,24)13-15(11-7-3-1-4-8-11)28-31-18(13)17(30)19-14(21(25,26)27)16(29-32-19)12-9-5-2-6-10-12/h1-10H. The number of ketones is 1. The Morgan fingerprint density at radius 2 is 0.969 bits per heavy atom.